The van der Waals surface area contributed by atoms with E-state index < -0.39 is 5.54 Å². The van der Waals surface area contributed by atoms with Crippen molar-refractivity contribution in [3.63, 3.8) is 0 Å². The smallest absolute Gasteiger partial charge is 0.325 e. The molecule has 0 radical (unpaired) electrons. The van der Waals surface area contributed by atoms with Crippen LogP contribution < -0.4 is 5.73 Å². The summed E-state index contributed by atoms with van der Waals surface area (Å²) in [5.41, 5.74) is 5.96. The molecule has 0 fully saturated rings. The van der Waals surface area contributed by atoms with Gasteiger partial charge in [0.2, 0.25) is 0 Å². The van der Waals surface area contributed by atoms with Gasteiger partial charge in [-0.25, -0.2) is 0 Å². The van der Waals surface area contributed by atoms with Crippen LogP contribution >= 0.6 is 0 Å². The molecular weight excluding hydrogens is 202 g/mol. The minimum absolute atomic E-state index is 0.347. The predicted octanol–water partition coefficient (Wildman–Crippen LogP) is 1.90. The Balaban J connectivity index is 2.20. The molecule has 2 N–H and O–H groups in total. The van der Waals surface area contributed by atoms with Crippen molar-refractivity contribution in [2.24, 2.45) is 5.73 Å². The van der Waals surface area contributed by atoms with Gasteiger partial charge >= 0.3 is 5.97 Å². The summed E-state index contributed by atoms with van der Waals surface area (Å²) < 4.78 is 5.06. The molecule has 0 aliphatic heterocycles. The number of benzene rings is 1. The second kappa shape index (κ2) is 5.66. The largest absolute Gasteiger partial charge is 0.464 e. The van der Waals surface area contributed by atoms with E-state index >= 15 is 0 Å². The first-order valence-electron chi connectivity index (χ1n) is 5.50. The number of hydrogen-bond acceptors (Lipinski definition) is 3. The second-order valence-corrected chi connectivity index (χ2v) is 4.45. The van der Waals surface area contributed by atoms with Gasteiger partial charge < -0.3 is 10.5 Å². The van der Waals surface area contributed by atoms with E-state index in [1.165, 1.54) is 5.56 Å². The fourth-order valence-electron chi connectivity index (χ4n) is 1.27. The molecule has 0 heterocycles. The monoisotopic (exact) mass is 221 g/mol. The Kier molecular flexibility index (Phi) is 4.50. The molecular formula is C13H19NO2. The number of carbonyl (C=O) groups is 1. The van der Waals surface area contributed by atoms with Crippen molar-refractivity contribution < 1.29 is 9.53 Å². The molecule has 0 saturated heterocycles. The van der Waals surface area contributed by atoms with Crippen LogP contribution in [0.15, 0.2) is 30.3 Å². The standard InChI is InChI=1S/C13H19NO2/c1-13(2,14)12(15)16-10-6-9-11-7-4-3-5-8-11/h3-5,7-8H,6,9-10,14H2,1-2H3. The molecule has 88 valence electrons. The normalized spacial score (nSPS) is 11.2. The molecule has 0 unspecified atom stereocenters. The van der Waals surface area contributed by atoms with Gasteiger partial charge in [0.05, 0.1) is 6.61 Å². The number of rotatable bonds is 5. The third-order valence-electron chi connectivity index (χ3n) is 2.21. The highest BCUT2D eigenvalue weighted by Crippen LogP contribution is 2.04. The van der Waals surface area contributed by atoms with E-state index in [2.05, 4.69) is 12.1 Å². The van der Waals surface area contributed by atoms with E-state index in [9.17, 15) is 4.79 Å². The van der Waals surface area contributed by atoms with E-state index in [0.717, 1.165) is 12.8 Å². The van der Waals surface area contributed by atoms with Crippen molar-refractivity contribution in [1.82, 2.24) is 0 Å². The van der Waals surface area contributed by atoms with Crippen molar-refractivity contribution in [2.75, 3.05) is 6.61 Å². The van der Waals surface area contributed by atoms with Crippen LogP contribution in [0.4, 0.5) is 0 Å². The third kappa shape index (κ3) is 4.45. The maximum absolute atomic E-state index is 11.3. The minimum atomic E-state index is -0.896. The number of hydrogen-bond donors (Lipinski definition) is 1. The highest BCUT2D eigenvalue weighted by Gasteiger charge is 2.23. The lowest BCUT2D eigenvalue weighted by Gasteiger charge is -2.16. The lowest BCUT2D eigenvalue weighted by Crippen LogP contribution is -2.42. The molecule has 0 bridgehead atoms. The maximum Gasteiger partial charge on any atom is 0.325 e. The summed E-state index contributed by atoms with van der Waals surface area (Å²) in [7, 11) is 0. The summed E-state index contributed by atoms with van der Waals surface area (Å²) in [6.07, 6.45) is 1.74. The number of ether oxygens (including phenoxy) is 1. The van der Waals surface area contributed by atoms with Gasteiger partial charge in [0.1, 0.15) is 5.54 Å². The predicted molar refractivity (Wildman–Crippen MR) is 64.0 cm³/mol. The summed E-state index contributed by atoms with van der Waals surface area (Å²) in [6.45, 7) is 3.72. The number of nitrogens with two attached hydrogens (primary N) is 1. The fourth-order valence-corrected chi connectivity index (χ4v) is 1.27. The van der Waals surface area contributed by atoms with Crippen molar-refractivity contribution >= 4 is 5.97 Å². The van der Waals surface area contributed by atoms with E-state index in [0.29, 0.717) is 6.61 Å². The fraction of sp³-hybridized carbons (Fsp3) is 0.462. The zero-order valence-corrected chi connectivity index (χ0v) is 9.90. The van der Waals surface area contributed by atoms with E-state index in [4.69, 9.17) is 10.5 Å². The Morgan fingerprint density at radius 3 is 2.50 bits per heavy atom. The van der Waals surface area contributed by atoms with Crippen LogP contribution in [-0.2, 0) is 16.0 Å². The first kappa shape index (κ1) is 12.7. The first-order chi connectivity index (χ1) is 7.50. The highest BCUT2D eigenvalue weighted by atomic mass is 16.5. The molecule has 0 atom stereocenters. The number of carbonyl (C=O) groups excluding carboxylic acids is 1. The molecule has 16 heavy (non-hydrogen) atoms. The summed E-state index contributed by atoms with van der Waals surface area (Å²) >= 11 is 0. The summed E-state index contributed by atoms with van der Waals surface area (Å²) in [4.78, 5) is 11.3. The first-order valence-corrected chi connectivity index (χ1v) is 5.50. The van der Waals surface area contributed by atoms with Gasteiger partial charge in [-0.05, 0) is 32.3 Å². The van der Waals surface area contributed by atoms with Gasteiger partial charge in [0.25, 0.3) is 0 Å². The topological polar surface area (TPSA) is 52.3 Å². The highest BCUT2D eigenvalue weighted by molar-refractivity contribution is 5.79. The molecule has 0 aliphatic rings. The Morgan fingerprint density at radius 1 is 1.31 bits per heavy atom. The molecule has 0 saturated carbocycles. The lowest BCUT2D eigenvalue weighted by atomic mass is 10.1. The molecule has 0 amide bonds. The molecule has 1 rings (SSSR count). The lowest BCUT2D eigenvalue weighted by molar-refractivity contribution is -0.148. The van der Waals surface area contributed by atoms with E-state index in [1.54, 1.807) is 13.8 Å². The van der Waals surface area contributed by atoms with Crippen molar-refractivity contribution in [2.45, 2.75) is 32.2 Å². The van der Waals surface area contributed by atoms with Gasteiger partial charge in [0.15, 0.2) is 0 Å². The molecule has 3 heteroatoms. The average molecular weight is 221 g/mol. The quantitative estimate of drug-likeness (QED) is 0.610. The van der Waals surface area contributed by atoms with Crippen molar-refractivity contribution in [1.29, 1.82) is 0 Å². The van der Waals surface area contributed by atoms with Crippen molar-refractivity contribution in [3.05, 3.63) is 35.9 Å². The molecule has 1 aromatic rings. The third-order valence-corrected chi connectivity index (χ3v) is 2.21. The van der Waals surface area contributed by atoms with E-state index in [1.807, 2.05) is 18.2 Å². The summed E-state index contributed by atoms with van der Waals surface area (Å²) in [5.74, 6) is -0.347. The minimum Gasteiger partial charge on any atom is -0.464 e. The van der Waals surface area contributed by atoms with Crippen LogP contribution in [0.1, 0.15) is 25.8 Å². The number of esters is 1. The SMILES string of the molecule is CC(C)(N)C(=O)OCCCc1ccccc1. The van der Waals surface area contributed by atoms with Gasteiger partial charge in [-0.2, -0.15) is 0 Å². The second-order valence-electron chi connectivity index (χ2n) is 4.45. The number of aryl methyl sites for hydroxylation is 1. The van der Waals surface area contributed by atoms with Crippen LogP contribution in [0.5, 0.6) is 0 Å². The van der Waals surface area contributed by atoms with Crippen LogP contribution in [0.2, 0.25) is 0 Å². The molecule has 0 aliphatic carbocycles. The zero-order valence-electron chi connectivity index (χ0n) is 9.90. The Bertz CT molecular complexity index is 328. The summed E-state index contributed by atoms with van der Waals surface area (Å²) in [5, 5.41) is 0. The van der Waals surface area contributed by atoms with Gasteiger partial charge in [-0.1, -0.05) is 30.3 Å². The zero-order chi connectivity index (χ0) is 12.0. The molecule has 0 spiro atoms. The van der Waals surface area contributed by atoms with Crippen LogP contribution in [0, 0.1) is 0 Å². The van der Waals surface area contributed by atoms with Gasteiger partial charge in [-0.15, -0.1) is 0 Å². The Morgan fingerprint density at radius 2 is 1.94 bits per heavy atom. The molecule has 0 aromatic heterocycles. The van der Waals surface area contributed by atoms with Crippen molar-refractivity contribution in [3.8, 4) is 0 Å². The molecule has 3 nitrogen and oxygen atoms in total. The van der Waals surface area contributed by atoms with Crippen LogP contribution in [0.3, 0.4) is 0 Å². The average Bonchev–Trinajstić information content (AvgIpc) is 2.24. The van der Waals surface area contributed by atoms with Gasteiger partial charge in [0, 0.05) is 0 Å². The van der Waals surface area contributed by atoms with Crippen LogP contribution in [0.25, 0.3) is 0 Å². The maximum atomic E-state index is 11.3. The summed E-state index contributed by atoms with van der Waals surface area (Å²) in [6, 6.07) is 10.1. The van der Waals surface area contributed by atoms with Gasteiger partial charge in [-0.3, -0.25) is 4.79 Å². The van der Waals surface area contributed by atoms with Crippen LogP contribution in [-0.4, -0.2) is 18.1 Å². The Labute approximate surface area is 96.6 Å². The molecule has 1 aromatic carbocycles. The van der Waals surface area contributed by atoms with E-state index in [-0.39, 0.29) is 5.97 Å². The Hall–Kier alpha value is -1.35.